The molecule has 118 valence electrons. The average Bonchev–Trinajstić information content (AvgIpc) is 2.98. The predicted molar refractivity (Wildman–Crippen MR) is 89.7 cm³/mol. The zero-order chi connectivity index (χ0) is 16.7. The van der Waals surface area contributed by atoms with E-state index in [-0.39, 0.29) is 5.56 Å². The number of fused-ring (bicyclic) bond motifs is 3. The summed E-state index contributed by atoms with van der Waals surface area (Å²) in [5, 5.41) is 20.5. The van der Waals surface area contributed by atoms with Gasteiger partial charge in [0, 0.05) is 5.69 Å². The lowest BCUT2D eigenvalue weighted by Crippen LogP contribution is -2.01. The van der Waals surface area contributed by atoms with E-state index in [1.165, 1.54) is 12.1 Å². The number of para-hydroxylation sites is 2. The molecule has 0 amide bonds. The molecule has 7 heteroatoms. The Hall–Kier alpha value is -3.48. The molecule has 0 saturated heterocycles. The molecule has 2 aromatic heterocycles. The molecule has 2 N–H and O–H groups in total. The normalized spacial score (nSPS) is 11.0. The second-order valence-corrected chi connectivity index (χ2v) is 5.36. The summed E-state index contributed by atoms with van der Waals surface area (Å²) < 4.78 is 1.94. The quantitative estimate of drug-likeness (QED) is 0.603. The van der Waals surface area contributed by atoms with Crippen LogP contribution in [0.1, 0.15) is 16.2 Å². The summed E-state index contributed by atoms with van der Waals surface area (Å²) in [6.07, 6.45) is 0. The van der Waals surface area contributed by atoms with Crippen LogP contribution >= 0.6 is 0 Å². The van der Waals surface area contributed by atoms with E-state index in [0.717, 1.165) is 22.5 Å². The van der Waals surface area contributed by atoms with E-state index in [2.05, 4.69) is 20.5 Å². The number of nitrogens with one attached hydrogen (secondary N) is 1. The minimum Gasteiger partial charge on any atom is -0.478 e. The van der Waals surface area contributed by atoms with Crippen LogP contribution in [0.2, 0.25) is 0 Å². The maximum Gasteiger partial charge on any atom is 0.335 e. The molecular formula is C17H13N5O2. The highest BCUT2D eigenvalue weighted by Gasteiger charge is 2.13. The van der Waals surface area contributed by atoms with Crippen molar-refractivity contribution in [1.29, 1.82) is 0 Å². The van der Waals surface area contributed by atoms with Crippen molar-refractivity contribution in [3.63, 3.8) is 0 Å². The molecule has 2 aromatic carbocycles. The highest BCUT2D eigenvalue weighted by atomic mass is 16.4. The largest absolute Gasteiger partial charge is 0.478 e. The Morgan fingerprint density at radius 2 is 1.83 bits per heavy atom. The standard InChI is InChI=1S/C17H13N5O2/c1-10-20-21-16-15(18-12-8-6-11(7-9-12)17(23)24)19-13-4-2-3-5-14(13)22(10)16/h2-9H,1H3,(H,18,19)(H,23,24). The molecule has 4 aromatic rings. The van der Waals surface area contributed by atoms with Crippen molar-refractivity contribution in [2.75, 3.05) is 5.32 Å². The van der Waals surface area contributed by atoms with Crippen LogP contribution in [0.4, 0.5) is 11.5 Å². The van der Waals surface area contributed by atoms with Gasteiger partial charge in [-0.05, 0) is 43.3 Å². The monoisotopic (exact) mass is 319 g/mol. The first-order valence-electron chi connectivity index (χ1n) is 7.34. The van der Waals surface area contributed by atoms with Gasteiger partial charge in [0.05, 0.1) is 16.6 Å². The molecule has 4 rings (SSSR count). The summed E-state index contributed by atoms with van der Waals surface area (Å²) in [6, 6.07) is 14.2. The first-order valence-corrected chi connectivity index (χ1v) is 7.34. The summed E-state index contributed by atoms with van der Waals surface area (Å²) in [5.74, 6) is 0.381. The number of hydrogen-bond acceptors (Lipinski definition) is 5. The minimum atomic E-state index is -0.958. The zero-order valence-corrected chi connectivity index (χ0v) is 12.8. The van der Waals surface area contributed by atoms with Gasteiger partial charge in [0.1, 0.15) is 5.82 Å². The number of aromatic nitrogens is 4. The van der Waals surface area contributed by atoms with Gasteiger partial charge in [-0.25, -0.2) is 9.78 Å². The summed E-state index contributed by atoms with van der Waals surface area (Å²) in [5.41, 5.74) is 3.33. The van der Waals surface area contributed by atoms with Gasteiger partial charge in [0.15, 0.2) is 5.82 Å². The molecule has 0 aliphatic heterocycles. The second-order valence-electron chi connectivity index (χ2n) is 5.36. The van der Waals surface area contributed by atoms with Crippen LogP contribution in [-0.4, -0.2) is 30.7 Å². The summed E-state index contributed by atoms with van der Waals surface area (Å²) in [4.78, 5) is 15.6. The lowest BCUT2D eigenvalue weighted by Gasteiger charge is -2.10. The van der Waals surface area contributed by atoms with Crippen molar-refractivity contribution in [2.45, 2.75) is 6.92 Å². The molecule has 0 unspecified atom stereocenters. The number of aromatic carboxylic acids is 1. The van der Waals surface area contributed by atoms with Gasteiger partial charge in [-0.1, -0.05) is 12.1 Å². The Labute approximate surface area is 136 Å². The van der Waals surface area contributed by atoms with Crippen LogP contribution in [-0.2, 0) is 0 Å². The van der Waals surface area contributed by atoms with E-state index < -0.39 is 5.97 Å². The van der Waals surface area contributed by atoms with Crippen molar-refractivity contribution in [3.8, 4) is 0 Å². The van der Waals surface area contributed by atoms with Crippen molar-refractivity contribution < 1.29 is 9.90 Å². The van der Waals surface area contributed by atoms with E-state index in [1.807, 2.05) is 35.6 Å². The number of carboxylic acid groups (broad SMARTS) is 1. The van der Waals surface area contributed by atoms with Crippen LogP contribution in [0.3, 0.4) is 0 Å². The maximum atomic E-state index is 10.9. The third-order valence-corrected chi connectivity index (χ3v) is 3.79. The zero-order valence-electron chi connectivity index (χ0n) is 12.8. The highest BCUT2D eigenvalue weighted by Crippen LogP contribution is 2.24. The molecule has 2 heterocycles. The predicted octanol–water partition coefficient (Wildman–Crippen LogP) is 3.03. The van der Waals surface area contributed by atoms with Crippen molar-refractivity contribution in [1.82, 2.24) is 19.6 Å². The number of benzene rings is 2. The number of nitrogens with zero attached hydrogens (tertiary/aromatic N) is 4. The van der Waals surface area contributed by atoms with Crippen molar-refractivity contribution in [3.05, 3.63) is 59.9 Å². The summed E-state index contributed by atoms with van der Waals surface area (Å²) in [7, 11) is 0. The van der Waals surface area contributed by atoms with Gasteiger partial charge >= 0.3 is 5.97 Å². The Bertz CT molecular complexity index is 1070. The summed E-state index contributed by atoms with van der Waals surface area (Å²) >= 11 is 0. The van der Waals surface area contributed by atoms with Crippen LogP contribution in [0.15, 0.2) is 48.5 Å². The Morgan fingerprint density at radius 3 is 2.58 bits per heavy atom. The minimum absolute atomic E-state index is 0.232. The van der Waals surface area contributed by atoms with E-state index in [9.17, 15) is 4.79 Å². The van der Waals surface area contributed by atoms with E-state index in [4.69, 9.17) is 5.11 Å². The van der Waals surface area contributed by atoms with Crippen molar-refractivity contribution >= 4 is 34.2 Å². The van der Waals surface area contributed by atoms with Gasteiger partial charge in [-0.3, -0.25) is 4.40 Å². The van der Waals surface area contributed by atoms with Gasteiger partial charge in [-0.15, -0.1) is 10.2 Å². The SMILES string of the molecule is Cc1nnc2c(Nc3ccc(C(=O)O)cc3)nc3ccccc3n12. The fourth-order valence-electron chi connectivity index (χ4n) is 2.64. The Balaban J connectivity index is 1.84. The molecule has 0 saturated carbocycles. The van der Waals surface area contributed by atoms with E-state index in [0.29, 0.717) is 11.5 Å². The van der Waals surface area contributed by atoms with Crippen LogP contribution in [0.25, 0.3) is 16.7 Å². The number of aryl methyl sites for hydroxylation is 1. The molecule has 0 atom stereocenters. The first-order chi connectivity index (χ1) is 11.6. The Kier molecular flexibility index (Phi) is 3.13. The highest BCUT2D eigenvalue weighted by molar-refractivity contribution is 5.88. The lowest BCUT2D eigenvalue weighted by molar-refractivity contribution is 0.0697. The van der Waals surface area contributed by atoms with Crippen LogP contribution in [0.5, 0.6) is 0 Å². The van der Waals surface area contributed by atoms with Gasteiger partial charge in [0.25, 0.3) is 0 Å². The molecule has 0 spiro atoms. The molecular weight excluding hydrogens is 306 g/mol. The van der Waals surface area contributed by atoms with Crippen LogP contribution < -0.4 is 5.32 Å². The van der Waals surface area contributed by atoms with Gasteiger partial charge in [-0.2, -0.15) is 0 Å². The number of anilines is 2. The molecule has 0 fully saturated rings. The third kappa shape index (κ3) is 2.23. The lowest BCUT2D eigenvalue weighted by atomic mass is 10.2. The maximum absolute atomic E-state index is 10.9. The van der Waals surface area contributed by atoms with Crippen molar-refractivity contribution in [2.24, 2.45) is 0 Å². The average molecular weight is 319 g/mol. The molecule has 24 heavy (non-hydrogen) atoms. The fraction of sp³-hybridized carbons (Fsp3) is 0.0588. The molecule has 0 bridgehead atoms. The van der Waals surface area contributed by atoms with Crippen LogP contribution in [0, 0.1) is 6.92 Å². The third-order valence-electron chi connectivity index (χ3n) is 3.79. The number of carboxylic acids is 1. The number of hydrogen-bond donors (Lipinski definition) is 2. The Morgan fingerprint density at radius 1 is 1.08 bits per heavy atom. The molecule has 0 aliphatic carbocycles. The number of carbonyl (C=O) groups is 1. The van der Waals surface area contributed by atoms with E-state index >= 15 is 0 Å². The number of rotatable bonds is 3. The first kappa shape index (κ1) is 14.1. The molecule has 7 nitrogen and oxygen atoms in total. The molecule has 0 radical (unpaired) electrons. The smallest absolute Gasteiger partial charge is 0.335 e. The van der Waals surface area contributed by atoms with Gasteiger partial charge in [0.2, 0.25) is 5.65 Å². The van der Waals surface area contributed by atoms with Gasteiger partial charge < -0.3 is 10.4 Å². The molecule has 0 aliphatic rings. The van der Waals surface area contributed by atoms with E-state index in [1.54, 1.807) is 12.1 Å². The fourth-order valence-corrected chi connectivity index (χ4v) is 2.64. The second kappa shape index (κ2) is 5.31. The summed E-state index contributed by atoms with van der Waals surface area (Å²) in [6.45, 7) is 1.89. The topological polar surface area (TPSA) is 92.4 Å².